The van der Waals surface area contributed by atoms with E-state index in [2.05, 4.69) is 32.6 Å². The van der Waals surface area contributed by atoms with Crippen molar-refractivity contribution in [1.82, 2.24) is 4.90 Å². The quantitative estimate of drug-likeness (QED) is 0.711. The van der Waals surface area contributed by atoms with Crippen molar-refractivity contribution in [3.05, 3.63) is 69.7 Å². The van der Waals surface area contributed by atoms with Crippen LogP contribution in [0, 0.1) is 0 Å². The number of benzene rings is 2. The predicted molar refractivity (Wildman–Crippen MR) is 114 cm³/mol. The van der Waals surface area contributed by atoms with Crippen LogP contribution in [0.15, 0.2) is 53.5 Å². The maximum atomic E-state index is 11.9. The Labute approximate surface area is 171 Å². The van der Waals surface area contributed by atoms with Crippen LogP contribution in [0.4, 0.5) is 0 Å². The molecule has 0 spiro atoms. The Hall–Kier alpha value is -1.55. The van der Waals surface area contributed by atoms with Crippen LogP contribution in [0.25, 0.3) is 0 Å². The smallest absolute Gasteiger partial charge is 0.122 e. The molecule has 0 unspecified atom stereocenters. The SMILES string of the molecule is CC(C)N1CC(C)(C)N=C1CC(O)(c1ccc(Cl)cc1)c1ccc(Cl)cc1. The Bertz CT molecular complexity index is 781. The van der Waals surface area contributed by atoms with Gasteiger partial charge in [-0.1, -0.05) is 47.5 Å². The highest BCUT2D eigenvalue weighted by Crippen LogP contribution is 2.37. The van der Waals surface area contributed by atoms with Crippen LogP contribution in [0.1, 0.15) is 45.2 Å². The number of hydrogen-bond acceptors (Lipinski definition) is 3. The molecule has 0 bridgehead atoms. The van der Waals surface area contributed by atoms with E-state index in [4.69, 9.17) is 28.2 Å². The molecule has 0 aliphatic carbocycles. The molecule has 1 aliphatic heterocycles. The summed E-state index contributed by atoms with van der Waals surface area (Å²) in [5.41, 5.74) is 0.179. The summed E-state index contributed by atoms with van der Waals surface area (Å²) >= 11 is 12.1. The molecule has 0 fully saturated rings. The Morgan fingerprint density at radius 1 is 1.00 bits per heavy atom. The highest BCUT2D eigenvalue weighted by molar-refractivity contribution is 6.30. The molecule has 0 aromatic heterocycles. The van der Waals surface area contributed by atoms with Gasteiger partial charge in [-0.2, -0.15) is 0 Å². The fraction of sp³-hybridized carbons (Fsp3) is 0.409. The lowest BCUT2D eigenvalue weighted by atomic mass is 9.83. The van der Waals surface area contributed by atoms with E-state index in [9.17, 15) is 5.11 Å². The van der Waals surface area contributed by atoms with Gasteiger partial charge in [0.2, 0.25) is 0 Å². The van der Waals surface area contributed by atoms with Gasteiger partial charge in [-0.3, -0.25) is 4.99 Å². The summed E-state index contributed by atoms with van der Waals surface area (Å²) < 4.78 is 0. The maximum Gasteiger partial charge on any atom is 0.122 e. The largest absolute Gasteiger partial charge is 0.380 e. The number of aliphatic hydroxyl groups is 1. The van der Waals surface area contributed by atoms with Gasteiger partial charge in [-0.15, -0.1) is 0 Å². The highest BCUT2D eigenvalue weighted by atomic mass is 35.5. The summed E-state index contributed by atoms with van der Waals surface area (Å²) in [6.07, 6.45) is 0.387. The minimum atomic E-state index is -1.22. The second-order valence-electron chi connectivity index (χ2n) is 8.11. The molecule has 2 aromatic carbocycles. The normalized spacial score (nSPS) is 16.7. The Morgan fingerprint density at radius 3 is 1.85 bits per heavy atom. The van der Waals surface area contributed by atoms with E-state index in [1.54, 1.807) is 24.3 Å². The molecule has 0 saturated heterocycles. The van der Waals surface area contributed by atoms with E-state index in [-0.39, 0.29) is 5.54 Å². The number of amidine groups is 1. The van der Waals surface area contributed by atoms with Crippen LogP contribution in [-0.4, -0.2) is 34.0 Å². The molecular weight excluding hydrogens is 379 g/mol. The lowest BCUT2D eigenvalue weighted by Crippen LogP contribution is -2.41. The molecular formula is C22H26Cl2N2O. The standard InChI is InChI=1S/C22H26Cl2N2O/c1-15(2)26-14-21(3,4)25-20(26)13-22(27,16-5-9-18(23)10-6-16)17-7-11-19(24)12-8-17/h5-12,15,27H,13-14H2,1-4H3. The van der Waals surface area contributed by atoms with Crippen molar-refractivity contribution in [2.75, 3.05) is 6.54 Å². The first-order valence-corrected chi connectivity index (χ1v) is 9.96. The van der Waals surface area contributed by atoms with Gasteiger partial charge in [0.25, 0.3) is 0 Å². The average Bonchev–Trinajstić information content (AvgIpc) is 2.90. The lowest BCUT2D eigenvalue weighted by molar-refractivity contribution is 0.0854. The number of aliphatic imine (C=N–C) groups is 1. The molecule has 0 amide bonds. The molecule has 27 heavy (non-hydrogen) atoms. The van der Waals surface area contributed by atoms with Crippen molar-refractivity contribution in [3.8, 4) is 0 Å². The maximum absolute atomic E-state index is 11.9. The average molecular weight is 405 g/mol. The molecule has 0 saturated carbocycles. The van der Waals surface area contributed by atoms with E-state index >= 15 is 0 Å². The van der Waals surface area contributed by atoms with E-state index in [0.29, 0.717) is 22.5 Å². The van der Waals surface area contributed by atoms with Gasteiger partial charge in [-0.05, 0) is 63.1 Å². The second kappa shape index (κ2) is 7.46. The minimum absolute atomic E-state index is 0.166. The van der Waals surface area contributed by atoms with Crippen LogP contribution in [0.5, 0.6) is 0 Å². The third-order valence-corrected chi connectivity index (χ3v) is 5.51. The molecule has 2 aromatic rings. The van der Waals surface area contributed by atoms with E-state index < -0.39 is 5.60 Å². The summed E-state index contributed by atoms with van der Waals surface area (Å²) in [5, 5.41) is 13.2. The van der Waals surface area contributed by atoms with Crippen molar-refractivity contribution in [3.63, 3.8) is 0 Å². The Balaban J connectivity index is 2.07. The number of nitrogens with zero attached hydrogens (tertiary/aromatic N) is 2. The predicted octanol–water partition coefficient (Wildman–Crippen LogP) is 5.52. The van der Waals surface area contributed by atoms with Crippen LogP contribution < -0.4 is 0 Å². The fourth-order valence-corrected chi connectivity index (χ4v) is 3.88. The van der Waals surface area contributed by atoms with Gasteiger partial charge in [0.15, 0.2) is 0 Å². The third kappa shape index (κ3) is 4.31. The summed E-state index contributed by atoms with van der Waals surface area (Å²) in [6, 6.07) is 15.0. The zero-order valence-electron chi connectivity index (χ0n) is 16.2. The third-order valence-electron chi connectivity index (χ3n) is 5.00. The summed E-state index contributed by atoms with van der Waals surface area (Å²) in [5.74, 6) is 0.919. The zero-order valence-corrected chi connectivity index (χ0v) is 17.7. The molecule has 1 heterocycles. The van der Waals surface area contributed by atoms with E-state index in [0.717, 1.165) is 23.5 Å². The topological polar surface area (TPSA) is 35.8 Å². The lowest BCUT2D eigenvalue weighted by Gasteiger charge is -2.34. The summed E-state index contributed by atoms with van der Waals surface area (Å²) in [4.78, 5) is 7.20. The molecule has 144 valence electrons. The number of rotatable bonds is 5. The van der Waals surface area contributed by atoms with Crippen LogP contribution in [-0.2, 0) is 5.60 Å². The van der Waals surface area contributed by atoms with Gasteiger partial charge < -0.3 is 10.0 Å². The Morgan fingerprint density at radius 2 is 1.44 bits per heavy atom. The van der Waals surface area contributed by atoms with E-state index in [1.807, 2.05) is 24.3 Å². The monoisotopic (exact) mass is 404 g/mol. The Kier molecular flexibility index (Phi) is 5.58. The minimum Gasteiger partial charge on any atom is -0.380 e. The van der Waals surface area contributed by atoms with Crippen molar-refractivity contribution in [2.24, 2.45) is 4.99 Å². The zero-order chi connectivity index (χ0) is 19.8. The van der Waals surface area contributed by atoms with Crippen molar-refractivity contribution in [1.29, 1.82) is 0 Å². The summed E-state index contributed by atoms with van der Waals surface area (Å²) in [7, 11) is 0. The van der Waals surface area contributed by atoms with Gasteiger partial charge in [0, 0.05) is 29.1 Å². The van der Waals surface area contributed by atoms with Gasteiger partial charge >= 0.3 is 0 Å². The van der Waals surface area contributed by atoms with Crippen LogP contribution in [0.2, 0.25) is 10.0 Å². The number of hydrogen-bond donors (Lipinski definition) is 1. The summed E-state index contributed by atoms with van der Waals surface area (Å²) in [6.45, 7) is 9.40. The molecule has 3 nitrogen and oxygen atoms in total. The van der Waals surface area contributed by atoms with Gasteiger partial charge in [0.1, 0.15) is 11.4 Å². The second-order valence-corrected chi connectivity index (χ2v) is 8.99. The first kappa shape index (κ1) is 20.2. The first-order chi connectivity index (χ1) is 12.6. The highest BCUT2D eigenvalue weighted by Gasteiger charge is 2.40. The van der Waals surface area contributed by atoms with Crippen LogP contribution >= 0.6 is 23.2 Å². The van der Waals surface area contributed by atoms with Crippen molar-refractivity contribution < 1.29 is 5.11 Å². The molecule has 5 heteroatoms. The molecule has 0 radical (unpaired) electrons. The van der Waals surface area contributed by atoms with E-state index in [1.165, 1.54) is 0 Å². The van der Waals surface area contributed by atoms with Crippen molar-refractivity contribution >= 4 is 29.0 Å². The molecule has 3 rings (SSSR count). The van der Waals surface area contributed by atoms with Crippen molar-refractivity contribution in [2.45, 2.75) is 51.3 Å². The number of halogens is 2. The molecule has 1 aliphatic rings. The first-order valence-electron chi connectivity index (χ1n) is 9.20. The van der Waals surface area contributed by atoms with Gasteiger partial charge in [0.05, 0.1) is 5.54 Å². The molecule has 1 N–H and O–H groups in total. The molecule has 0 atom stereocenters. The van der Waals surface area contributed by atoms with Gasteiger partial charge in [-0.25, -0.2) is 0 Å². The fourth-order valence-electron chi connectivity index (χ4n) is 3.63. The van der Waals surface area contributed by atoms with Crippen LogP contribution in [0.3, 0.4) is 0 Å².